The molecule has 1 N–H and O–H groups in total. The fourth-order valence-electron chi connectivity index (χ4n) is 1.97. The Morgan fingerprint density at radius 2 is 2.29 bits per heavy atom. The summed E-state index contributed by atoms with van der Waals surface area (Å²) in [4.78, 5) is 10.8. The third kappa shape index (κ3) is 3.77. The van der Waals surface area contributed by atoms with E-state index < -0.39 is 12.1 Å². The predicted octanol–water partition coefficient (Wildman–Crippen LogP) is 1.79. The summed E-state index contributed by atoms with van der Waals surface area (Å²) in [5.74, 6) is -0.405. The van der Waals surface area contributed by atoms with Crippen LogP contribution in [0.3, 0.4) is 0 Å². The van der Waals surface area contributed by atoms with Crippen molar-refractivity contribution in [2.24, 2.45) is 0 Å². The fraction of sp³-hybridized carbons (Fsp3) is 0.385. The molecule has 21 heavy (non-hydrogen) atoms. The van der Waals surface area contributed by atoms with Crippen LogP contribution in [-0.4, -0.2) is 44.5 Å². The summed E-state index contributed by atoms with van der Waals surface area (Å²) in [5, 5.41) is 21.0. The summed E-state index contributed by atoms with van der Waals surface area (Å²) in [6, 6.07) is 5.44. The van der Waals surface area contributed by atoms with Crippen molar-refractivity contribution in [3.8, 4) is 11.4 Å². The number of benzene rings is 1. The Morgan fingerprint density at radius 3 is 2.95 bits per heavy atom. The maximum atomic E-state index is 10.8. The largest absolute Gasteiger partial charge is 0.481 e. The lowest BCUT2D eigenvalue weighted by Crippen LogP contribution is -2.23. The zero-order valence-corrected chi connectivity index (χ0v) is 12.4. The van der Waals surface area contributed by atoms with Gasteiger partial charge in [0.2, 0.25) is 0 Å². The Kier molecular flexibility index (Phi) is 4.87. The van der Waals surface area contributed by atoms with Gasteiger partial charge in [-0.3, -0.25) is 4.79 Å². The summed E-state index contributed by atoms with van der Waals surface area (Å²) in [6.07, 6.45) is -0.631. The molecule has 0 spiro atoms. The number of carboxylic acids is 1. The van der Waals surface area contributed by atoms with Crippen LogP contribution >= 0.6 is 11.6 Å². The first-order valence-electron chi connectivity index (χ1n) is 6.28. The molecular weight excluding hydrogens is 296 g/mol. The van der Waals surface area contributed by atoms with Crippen molar-refractivity contribution in [1.82, 2.24) is 20.2 Å². The quantitative estimate of drug-likeness (QED) is 0.875. The Balaban J connectivity index is 2.30. The fourth-order valence-corrected chi connectivity index (χ4v) is 2.14. The van der Waals surface area contributed by atoms with Gasteiger partial charge in [0.05, 0.1) is 19.1 Å². The van der Waals surface area contributed by atoms with Crippen LogP contribution in [0.25, 0.3) is 11.4 Å². The van der Waals surface area contributed by atoms with Crippen molar-refractivity contribution in [3.05, 3.63) is 28.8 Å². The van der Waals surface area contributed by atoms with Gasteiger partial charge in [-0.2, -0.15) is 0 Å². The number of halogens is 1. The SMILES string of the molecule is COC(CC(=O)O)Cn1nnnc1-c1cc(Cl)ccc1C. The molecular formula is C13H15ClN4O3. The molecule has 0 fully saturated rings. The molecule has 0 aliphatic rings. The number of carbonyl (C=O) groups is 1. The molecule has 0 aliphatic carbocycles. The van der Waals surface area contributed by atoms with Crippen LogP contribution in [0.5, 0.6) is 0 Å². The summed E-state index contributed by atoms with van der Waals surface area (Å²) in [7, 11) is 1.46. The summed E-state index contributed by atoms with van der Waals surface area (Å²) in [6.45, 7) is 2.17. The zero-order valence-electron chi connectivity index (χ0n) is 11.7. The van der Waals surface area contributed by atoms with E-state index in [0.717, 1.165) is 11.1 Å². The number of aliphatic carboxylic acids is 1. The van der Waals surface area contributed by atoms with Crippen LogP contribution in [0.4, 0.5) is 0 Å². The van der Waals surface area contributed by atoms with Gasteiger partial charge in [-0.05, 0) is 35.0 Å². The van der Waals surface area contributed by atoms with E-state index >= 15 is 0 Å². The van der Waals surface area contributed by atoms with E-state index in [2.05, 4.69) is 15.5 Å². The number of aromatic nitrogens is 4. The van der Waals surface area contributed by atoms with E-state index in [4.69, 9.17) is 21.4 Å². The monoisotopic (exact) mass is 310 g/mol. The van der Waals surface area contributed by atoms with Crippen LogP contribution in [0.15, 0.2) is 18.2 Å². The van der Waals surface area contributed by atoms with E-state index in [1.165, 1.54) is 11.8 Å². The summed E-state index contributed by atoms with van der Waals surface area (Å²) >= 11 is 6.01. The maximum absolute atomic E-state index is 10.8. The van der Waals surface area contributed by atoms with Crippen molar-refractivity contribution in [2.45, 2.75) is 26.0 Å². The molecule has 112 valence electrons. The normalized spacial score (nSPS) is 12.3. The molecule has 8 heteroatoms. The van der Waals surface area contributed by atoms with Crippen LogP contribution in [0, 0.1) is 6.92 Å². The molecule has 0 saturated carbocycles. The van der Waals surface area contributed by atoms with Gasteiger partial charge in [-0.25, -0.2) is 4.68 Å². The van der Waals surface area contributed by atoms with E-state index in [1.54, 1.807) is 12.1 Å². The molecule has 1 atom stereocenters. The molecule has 0 aliphatic heterocycles. The van der Waals surface area contributed by atoms with E-state index in [-0.39, 0.29) is 13.0 Å². The van der Waals surface area contributed by atoms with Gasteiger partial charge in [0.1, 0.15) is 0 Å². The number of hydrogen-bond donors (Lipinski definition) is 1. The highest BCUT2D eigenvalue weighted by Crippen LogP contribution is 2.24. The average Bonchev–Trinajstić information content (AvgIpc) is 2.88. The van der Waals surface area contributed by atoms with Crippen molar-refractivity contribution in [2.75, 3.05) is 7.11 Å². The number of nitrogens with zero attached hydrogens (tertiary/aromatic N) is 4. The molecule has 7 nitrogen and oxygen atoms in total. The van der Waals surface area contributed by atoms with Gasteiger partial charge >= 0.3 is 5.97 Å². The average molecular weight is 311 g/mol. The van der Waals surface area contributed by atoms with Crippen LogP contribution < -0.4 is 0 Å². The highest BCUT2D eigenvalue weighted by atomic mass is 35.5. The number of hydrogen-bond acceptors (Lipinski definition) is 5. The standard InChI is InChI=1S/C13H15ClN4O3/c1-8-3-4-9(14)5-11(8)13-15-16-17-18(13)7-10(21-2)6-12(19)20/h3-5,10H,6-7H2,1-2H3,(H,19,20). The van der Waals surface area contributed by atoms with Crippen LogP contribution in [0.2, 0.25) is 5.02 Å². The highest BCUT2D eigenvalue weighted by molar-refractivity contribution is 6.30. The Labute approximate surface area is 126 Å². The molecule has 1 unspecified atom stereocenters. The number of carboxylic acid groups (broad SMARTS) is 1. The van der Waals surface area contributed by atoms with Gasteiger partial charge < -0.3 is 9.84 Å². The molecule has 0 saturated heterocycles. The topological polar surface area (TPSA) is 90.1 Å². The number of ether oxygens (including phenoxy) is 1. The maximum Gasteiger partial charge on any atom is 0.306 e. The first kappa shape index (κ1) is 15.4. The van der Waals surface area contributed by atoms with Gasteiger partial charge in [-0.15, -0.1) is 5.10 Å². The third-order valence-electron chi connectivity index (χ3n) is 3.08. The minimum Gasteiger partial charge on any atom is -0.481 e. The number of methoxy groups -OCH3 is 1. The van der Waals surface area contributed by atoms with Crippen molar-refractivity contribution >= 4 is 17.6 Å². The molecule has 1 heterocycles. The molecule has 2 aromatic rings. The third-order valence-corrected chi connectivity index (χ3v) is 3.32. The van der Waals surface area contributed by atoms with Crippen molar-refractivity contribution in [3.63, 3.8) is 0 Å². The van der Waals surface area contributed by atoms with Crippen molar-refractivity contribution < 1.29 is 14.6 Å². The summed E-state index contributed by atoms with van der Waals surface area (Å²) in [5.41, 5.74) is 1.78. The second-order valence-corrected chi connectivity index (χ2v) is 5.04. The van der Waals surface area contributed by atoms with Crippen LogP contribution in [-0.2, 0) is 16.1 Å². The van der Waals surface area contributed by atoms with E-state index in [0.29, 0.717) is 10.8 Å². The molecule has 2 rings (SSSR count). The second kappa shape index (κ2) is 6.64. The van der Waals surface area contributed by atoms with Gasteiger partial charge in [-0.1, -0.05) is 17.7 Å². The lowest BCUT2D eigenvalue weighted by Gasteiger charge is -2.14. The lowest BCUT2D eigenvalue weighted by molar-refractivity contribution is -0.140. The molecule has 1 aromatic carbocycles. The Morgan fingerprint density at radius 1 is 1.52 bits per heavy atom. The number of tetrazole rings is 1. The lowest BCUT2D eigenvalue weighted by atomic mass is 10.1. The van der Waals surface area contributed by atoms with E-state index in [9.17, 15) is 4.79 Å². The summed E-state index contributed by atoms with van der Waals surface area (Å²) < 4.78 is 6.68. The smallest absolute Gasteiger partial charge is 0.306 e. The van der Waals surface area contributed by atoms with Gasteiger partial charge in [0.15, 0.2) is 5.82 Å². The first-order chi connectivity index (χ1) is 10.0. The molecule has 0 bridgehead atoms. The zero-order chi connectivity index (χ0) is 15.4. The highest BCUT2D eigenvalue weighted by Gasteiger charge is 2.18. The molecule has 0 amide bonds. The van der Waals surface area contributed by atoms with Gasteiger partial charge in [0, 0.05) is 17.7 Å². The first-order valence-corrected chi connectivity index (χ1v) is 6.66. The molecule has 0 radical (unpaired) electrons. The molecule has 1 aromatic heterocycles. The van der Waals surface area contributed by atoms with Crippen molar-refractivity contribution in [1.29, 1.82) is 0 Å². The minimum atomic E-state index is -0.935. The van der Waals surface area contributed by atoms with E-state index in [1.807, 2.05) is 13.0 Å². The number of rotatable bonds is 6. The minimum absolute atomic E-state index is 0.121. The number of aryl methyl sites for hydroxylation is 1. The Hall–Kier alpha value is -1.99. The second-order valence-electron chi connectivity index (χ2n) is 4.60. The van der Waals surface area contributed by atoms with Gasteiger partial charge in [0.25, 0.3) is 0 Å². The predicted molar refractivity (Wildman–Crippen MR) is 76.0 cm³/mol. The Bertz CT molecular complexity index is 644. The van der Waals surface area contributed by atoms with Crippen LogP contribution in [0.1, 0.15) is 12.0 Å².